The van der Waals surface area contributed by atoms with E-state index in [2.05, 4.69) is 68.9 Å². The first-order valence-electron chi connectivity index (χ1n) is 9.51. The summed E-state index contributed by atoms with van der Waals surface area (Å²) in [7, 11) is 2.05. The summed E-state index contributed by atoms with van der Waals surface area (Å²) >= 11 is 1.71. The van der Waals surface area contributed by atoms with Crippen LogP contribution in [0, 0.1) is 22.7 Å². The zero-order valence-electron chi connectivity index (χ0n) is 16.4. The Balaban J connectivity index is 1.70. The summed E-state index contributed by atoms with van der Waals surface area (Å²) in [6.45, 7) is 6.96. The predicted molar refractivity (Wildman–Crippen MR) is 114 cm³/mol. The van der Waals surface area contributed by atoms with Crippen molar-refractivity contribution in [3.63, 3.8) is 0 Å². The molecule has 0 aliphatic heterocycles. The van der Waals surface area contributed by atoms with Crippen LogP contribution in [0.5, 0.6) is 0 Å². The molecule has 4 heteroatoms. The molecule has 0 saturated carbocycles. The second kappa shape index (κ2) is 6.65. The highest BCUT2D eigenvalue weighted by Gasteiger charge is 2.32. The fourth-order valence-corrected chi connectivity index (χ4v) is 5.34. The lowest BCUT2D eigenvalue weighted by Crippen LogP contribution is -2.26. The number of aryl methyl sites for hydroxylation is 1. The van der Waals surface area contributed by atoms with E-state index in [-0.39, 0.29) is 0 Å². The Morgan fingerprint density at radius 2 is 2.07 bits per heavy atom. The van der Waals surface area contributed by atoms with Crippen LogP contribution in [0.15, 0.2) is 35.5 Å². The summed E-state index contributed by atoms with van der Waals surface area (Å²) in [6, 6.07) is 10.8. The summed E-state index contributed by atoms with van der Waals surface area (Å²) in [4.78, 5) is 6.12. The van der Waals surface area contributed by atoms with Gasteiger partial charge >= 0.3 is 0 Å². The quantitative estimate of drug-likeness (QED) is 0.505. The molecule has 1 atom stereocenters. The molecule has 0 saturated heterocycles. The van der Waals surface area contributed by atoms with E-state index in [9.17, 15) is 5.26 Å². The molecule has 0 unspecified atom stereocenters. The Morgan fingerprint density at radius 1 is 1.30 bits per heavy atom. The molecular formula is C23H25N3S. The van der Waals surface area contributed by atoms with Gasteiger partial charge in [0, 0.05) is 40.8 Å². The number of benzene rings is 1. The van der Waals surface area contributed by atoms with Crippen molar-refractivity contribution in [3.8, 4) is 6.07 Å². The van der Waals surface area contributed by atoms with Crippen LogP contribution in [0.25, 0.3) is 10.9 Å². The van der Waals surface area contributed by atoms with E-state index in [4.69, 9.17) is 4.99 Å². The Morgan fingerprint density at radius 3 is 2.81 bits per heavy atom. The third kappa shape index (κ3) is 3.21. The Bertz CT molecular complexity index is 1070. The summed E-state index contributed by atoms with van der Waals surface area (Å²) in [5.41, 5.74) is 4.63. The number of rotatable bonds is 2. The van der Waals surface area contributed by atoms with E-state index in [0.29, 0.717) is 11.3 Å². The normalized spacial score (nSPS) is 17.4. The SMILES string of the molecule is Cn1cc(C=Nc2sc3c(c2C#N)CC[C@H](C(C)(C)C)C3)c2ccccc21. The third-order valence-electron chi connectivity index (χ3n) is 5.83. The topological polar surface area (TPSA) is 41.1 Å². The summed E-state index contributed by atoms with van der Waals surface area (Å²) in [5.74, 6) is 0.671. The van der Waals surface area contributed by atoms with Gasteiger partial charge in [0.25, 0.3) is 0 Å². The molecule has 0 amide bonds. The number of fused-ring (bicyclic) bond motifs is 2. The Kier molecular flexibility index (Phi) is 4.44. The molecule has 0 fully saturated rings. The molecule has 0 bridgehead atoms. The summed E-state index contributed by atoms with van der Waals surface area (Å²) in [6.07, 6.45) is 7.25. The highest BCUT2D eigenvalue weighted by Crippen LogP contribution is 2.44. The number of para-hydroxylation sites is 1. The number of nitriles is 1. The van der Waals surface area contributed by atoms with E-state index in [1.165, 1.54) is 21.3 Å². The van der Waals surface area contributed by atoms with Crippen molar-refractivity contribution in [2.24, 2.45) is 23.4 Å². The van der Waals surface area contributed by atoms with Crippen LogP contribution in [0.2, 0.25) is 0 Å². The van der Waals surface area contributed by atoms with Crippen LogP contribution in [0.3, 0.4) is 0 Å². The Hall–Kier alpha value is -2.38. The van der Waals surface area contributed by atoms with Crippen LogP contribution in [0.4, 0.5) is 5.00 Å². The standard InChI is InChI=1S/C23H25N3S/c1-23(2,3)16-9-10-18-19(12-24)22(27-21(18)11-16)25-13-15-14-26(4)20-8-6-5-7-17(15)20/h5-8,13-14,16H,9-11H2,1-4H3/t16-/m0/s1. The molecule has 4 rings (SSSR count). The van der Waals surface area contributed by atoms with Crippen LogP contribution in [-0.4, -0.2) is 10.8 Å². The molecule has 27 heavy (non-hydrogen) atoms. The van der Waals surface area contributed by atoms with Gasteiger partial charge in [-0.05, 0) is 42.2 Å². The van der Waals surface area contributed by atoms with Crippen molar-refractivity contribution in [1.82, 2.24) is 4.57 Å². The number of aliphatic imine (C=N–C) groups is 1. The lowest BCUT2D eigenvalue weighted by Gasteiger charge is -2.33. The van der Waals surface area contributed by atoms with Gasteiger partial charge in [-0.15, -0.1) is 11.3 Å². The molecular weight excluding hydrogens is 350 g/mol. The molecule has 2 aromatic heterocycles. The maximum absolute atomic E-state index is 9.74. The first-order valence-corrected chi connectivity index (χ1v) is 10.3. The maximum atomic E-state index is 9.74. The predicted octanol–water partition coefficient (Wildman–Crippen LogP) is 6.01. The van der Waals surface area contributed by atoms with Crippen molar-refractivity contribution in [2.75, 3.05) is 0 Å². The molecule has 2 heterocycles. The van der Waals surface area contributed by atoms with E-state index >= 15 is 0 Å². The molecule has 138 valence electrons. The number of nitrogens with zero attached hydrogens (tertiary/aromatic N) is 3. The lowest BCUT2D eigenvalue weighted by atomic mass is 9.72. The fraction of sp³-hybridized carbons (Fsp3) is 0.391. The minimum Gasteiger partial charge on any atom is -0.350 e. The van der Waals surface area contributed by atoms with Crippen LogP contribution < -0.4 is 0 Å². The number of thiophene rings is 1. The van der Waals surface area contributed by atoms with Gasteiger partial charge in [0.1, 0.15) is 11.1 Å². The molecule has 3 nitrogen and oxygen atoms in total. The van der Waals surface area contributed by atoms with E-state index in [0.717, 1.165) is 35.4 Å². The Labute approximate surface area is 165 Å². The van der Waals surface area contributed by atoms with E-state index in [1.807, 2.05) is 6.21 Å². The number of hydrogen-bond donors (Lipinski definition) is 0. The number of hydrogen-bond acceptors (Lipinski definition) is 3. The van der Waals surface area contributed by atoms with Gasteiger partial charge in [-0.25, -0.2) is 4.99 Å². The van der Waals surface area contributed by atoms with Gasteiger partial charge < -0.3 is 4.57 Å². The van der Waals surface area contributed by atoms with Crippen LogP contribution >= 0.6 is 11.3 Å². The summed E-state index contributed by atoms with van der Waals surface area (Å²) < 4.78 is 2.12. The molecule has 0 spiro atoms. The fourth-order valence-electron chi connectivity index (χ4n) is 4.12. The second-order valence-electron chi connectivity index (χ2n) is 8.57. The zero-order chi connectivity index (χ0) is 19.2. The molecule has 0 N–H and O–H groups in total. The molecule has 3 aromatic rings. The largest absolute Gasteiger partial charge is 0.350 e. The lowest BCUT2D eigenvalue weighted by molar-refractivity contribution is 0.218. The minimum absolute atomic E-state index is 0.306. The average Bonchev–Trinajstić information content (AvgIpc) is 3.16. The second-order valence-corrected chi connectivity index (χ2v) is 9.66. The minimum atomic E-state index is 0.306. The molecule has 1 aliphatic carbocycles. The van der Waals surface area contributed by atoms with Crippen molar-refractivity contribution >= 4 is 33.5 Å². The van der Waals surface area contributed by atoms with Gasteiger partial charge in [-0.3, -0.25) is 0 Å². The van der Waals surface area contributed by atoms with Gasteiger partial charge in [0.15, 0.2) is 0 Å². The molecule has 1 aromatic carbocycles. The van der Waals surface area contributed by atoms with Crippen molar-refractivity contribution < 1.29 is 0 Å². The van der Waals surface area contributed by atoms with Gasteiger partial charge in [-0.1, -0.05) is 39.0 Å². The number of aromatic nitrogens is 1. The van der Waals surface area contributed by atoms with Crippen LogP contribution in [0.1, 0.15) is 48.8 Å². The van der Waals surface area contributed by atoms with E-state index < -0.39 is 0 Å². The van der Waals surface area contributed by atoms with Crippen molar-refractivity contribution in [2.45, 2.75) is 40.0 Å². The van der Waals surface area contributed by atoms with Gasteiger partial charge in [0.2, 0.25) is 0 Å². The average molecular weight is 376 g/mol. The molecule has 0 radical (unpaired) electrons. The highest BCUT2D eigenvalue weighted by atomic mass is 32.1. The molecule has 1 aliphatic rings. The monoisotopic (exact) mass is 375 g/mol. The maximum Gasteiger partial charge on any atom is 0.134 e. The highest BCUT2D eigenvalue weighted by molar-refractivity contribution is 7.16. The first-order chi connectivity index (χ1) is 12.9. The zero-order valence-corrected chi connectivity index (χ0v) is 17.2. The van der Waals surface area contributed by atoms with Gasteiger partial charge in [0.05, 0.1) is 5.56 Å². The smallest absolute Gasteiger partial charge is 0.134 e. The summed E-state index contributed by atoms with van der Waals surface area (Å²) in [5, 5.41) is 11.8. The van der Waals surface area contributed by atoms with Crippen LogP contribution in [-0.2, 0) is 19.9 Å². The van der Waals surface area contributed by atoms with E-state index in [1.54, 1.807) is 11.3 Å². The van der Waals surface area contributed by atoms with Crippen molar-refractivity contribution in [3.05, 3.63) is 52.0 Å². The third-order valence-corrected chi connectivity index (χ3v) is 6.99. The van der Waals surface area contributed by atoms with Gasteiger partial charge in [-0.2, -0.15) is 5.26 Å². The first kappa shape index (κ1) is 18.0. The van der Waals surface area contributed by atoms with Crippen molar-refractivity contribution in [1.29, 1.82) is 5.26 Å².